The summed E-state index contributed by atoms with van der Waals surface area (Å²) < 4.78 is 1.89. The van der Waals surface area contributed by atoms with E-state index in [9.17, 15) is 0 Å². The Morgan fingerprint density at radius 1 is 1.52 bits per heavy atom. The van der Waals surface area contributed by atoms with E-state index in [1.54, 1.807) is 12.1 Å². The molecular weight excluding hydrogens is 290 g/mol. The second-order valence-corrected chi connectivity index (χ2v) is 5.16. The number of benzene rings is 1. The first-order valence-electron chi connectivity index (χ1n) is 6.56. The summed E-state index contributed by atoms with van der Waals surface area (Å²) in [5.41, 5.74) is 8.22. The Bertz CT molecular complexity index is 638. The SMILES string of the molecule is Cc1cnn(CCNCc2ccc(/C(N)=N/O)cc2Cl)c1. The number of aromatic nitrogens is 2. The zero-order chi connectivity index (χ0) is 15.2. The molecule has 0 atom stereocenters. The van der Waals surface area contributed by atoms with Crippen molar-refractivity contribution in [3.8, 4) is 0 Å². The molecule has 0 aliphatic rings. The maximum absolute atomic E-state index is 8.63. The minimum absolute atomic E-state index is 0.0467. The van der Waals surface area contributed by atoms with Gasteiger partial charge in [0.15, 0.2) is 5.84 Å². The maximum atomic E-state index is 8.63. The Morgan fingerprint density at radius 2 is 2.33 bits per heavy atom. The van der Waals surface area contributed by atoms with E-state index in [-0.39, 0.29) is 5.84 Å². The Morgan fingerprint density at radius 3 is 2.95 bits per heavy atom. The maximum Gasteiger partial charge on any atom is 0.170 e. The highest BCUT2D eigenvalue weighted by atomic mass is 35.5. The van der Waals surface area contributed by atoms with Crippen molar-refractivity contribution in [3.05, 3.63) is 52.3 Å². The molecule has 2 rings (SSSR count). The number of amidine groups is 1. The largest absolute Gasteiger partial charge is 0.409 e. The van der Waals surface area contributed by atoms with Gasteiger partial charge in [-0.3, -0.25) is 4.68 Å². The van der Waals surface area contributed by atoms with Crippen LogP contribution in [0.15, 0.2) is 35.7 Å². The number of nitrogens with one attached hydrogen (secondary N) is 1. The van der Waals surface area contributed by atoms with Gasteiger partial charge in [0.1, 0.15) is 0 Å². The van der Waals surface area contributed by atoms with Crippen LogP contribution in [0.25, 0.3) is 0 Å². The summed E-state index contributed by atoms with van der Waals surface area (Å²) in [5.74, 6) is 0.0467. The van der Waals surface area contributed by atoms with Gasteiger partial charge in [0.2, 0.25) is 0 Å². The summed E-state index contributed by atoms with van der Waals surface area (Å²) >= 11 is 6.18. The zero-order valence-corrected chi connectivity index (χ0v) is 12.5. The third-order valence-electron chi connectivity index (χ3n) is 3.05. The lowest BCUT2D eigenvalue weighted by Gasteiger charge is -2.08. The first kappa shape index (κ1) is 15.3. The first-order valence-corrected chi connectivity index (χ1v) is 6.94. The van der Waals surface area contributed by atoms with Gasteiger partial charge in [-0.2, -0.15) is 5.10 Å². The van der Waals surface area contributed by atoms with Gasteiger partial charge in [0.25, 0.3) is 0 Å². The van der Waals surface area contributed by atoms with Crippen LogP contribution in [0.2, 0.25) is 5.02 Å². The van der Waals surface area contributed by atoms with Gasteiger partial charge in [0.05, 0.1) is 12.7 Å². The molecular formula is C14H18ClN5O. The molecule has 0 bridgehead atoms. The molecule has 6 nitrogen and oxygen atoms in total. The fourth-order valence-corrected chi connectivity index (χ4v) is 2.16. The Kier molecular flexibility index (Phi) is 5.19. The third kappa shape index (κ3) is 4.21. The molecule has 0 aliphatic carbocycles. The zero-order valence-electron chi connectivity index (χ0n) is 11.8. The smallest absolute Gasteiger partial charge is 0.170 e. The van der Waals surface area contributed by atoms with Crippen molar-refractivity contribution >= 4 is 17.4 Å². The number of halogens is 1. The Labute approximate surface area is 128 Å². The van der Waals surface area contributed by atoms with Gasteiger partial charge >= 0.3 is 0 Å². The minimum Gasteiger partial charge on any atom is -0.409 e. The number of nitrogens with zero attached hydrogens (tertiary/aromatic N) is 3. The van der Waals surface area contributed by atoms with Crippen LogP contribution in [0, 0.1) is 6.92 Å². The molecule has 7 heteroatoms. The Hall–Kier alpha value is -2.05. The van der Waals surface area contributed by atoms with Crippen LogP contribution in [-0.2, 0) is 13.1 Å². The second kappa shape index (κ2) is 7.10. The highest BCUT2D eigenvalue weighted by Crippen LogP contribution is 2.17. The predicted octanol–water partition coefficient (Wildman–Crippen LogP) is 1.73. The van der Waals surface area contributed by atoms with E-state index in [4.69, 9.17) is 22.5 Å². The molecule has 0 unspecified atom stereocenters. The molecule has 4 N–H and O–H groups in total. The van der Waals surface area contributed by atoms with E-state index < -0.39 is 0 Å². The van der Waals surface area contributed by atoms with Crippen molar-refractivity contribution in [1.29, 1.82) is 0 Å². The van der Waals surface area contributed by atoms with Crippen LogP contribution in [0.4, 0.5) is 0 Å². The highest BCUT2D eigenvalue weighted by Gasteiger charge is 2.05. The van der Waals surface area contributed by atoms with Crippen molar-refractivity contribution in [3.63, 3.8) is 0 Å². The van der Waals surface area contributed by atoms with E-state index in [2.05, 4.69) is 15.6 Å². The molecule has 0 radical (unpaired) electrons. The topological polar surface area (TPSA) is 88.5 Å². The van der Waals surface area contributed by atoms with E-state index in [0.717, 1.165) is 24.2 Å². The fraction of sp³-hybridized carbons (Fsp3) is 0.286. The lowest BCUT2D eigenvalue weighted by Crippen LogP contribution is -2.20. The van der Waals surface area contributed by atoms with Gasteiger partial charge in [0, 0.05) is 29.9 Å². The lowest BCUT2D eigenvalue weighted by molar-refractivity contribution is 0.318. The molecule has 0 amide bonds. The van der Waals surface area contributed by atoms with E-state index in [0.29, 0.717) is 17.1 Å². The van der Waals surface area contributed by atoms with Crippen molar-refractivity contribution < 1.29 is 5.21 Å². The molecule has 1 aromatic carbocycles. The standard InChI is InChI=1S/C14H18ClN5O/c1-10-7-18-20(9-10)5-4-17-8-12-3-2-11(6-13(12)15)14(16)19-21/h2-3,6-7,9,17,21H,4-5,8H2,1H3,(H2,16,19). The average molecular weight is 308 g/mol. The highest BCUT2D eigenvalue weighted by molar-refractivity contribution is 6.31. The number of oxime groups is 1. The number of nitrogens with two attached hydrogens (primary N) is 1. The quantitative estimate of drug-likeness (QED) is 0.249. The van der Waals surface area contributed by atoms with E-state index in [1.807, 2.05) is 30.1 Å². The molecule has 0 spiro atoms. The molecule has 21 heavy (non-hydrogen) atoms. The van der Waals surface area contributed by atoms with Crippen LogP contribution in [0.5, 0.6) is 0 Å². The van der Waals surface area contributed by atoms with Gasteiger partial charge in [-0.1, -0.05) is 28.9 Å². The van der Waals surface area contributed by atoms with Gasteiger partial charge in [-0.05, 0) is 24.1 Å². The van der Waals surface area contributed by atoms with Crippen molar-refractivity contribution in [1.82, 2.24) is 15.1 Å². The van der Waals surface area contributed by atoms with Crippen molar-refractivity contribution in [2.45, 2.75) is 20.0 Å². The lowest BCUT2D eigenvalue weighted by atomic mass is 10.1. The Balaban J connectivity index is 1.86. The summed E-state index contributed by atoms with van der Waals surface area (Å²) in [5, 5.41) is 19.7. The summed E-state index contributed by atoms with van der Waals surface area (Å²) in [4.78, 5) is 0. The average Bonchev–Trinajstić information content (AvgIpc) is 2.89. The third-order valence-corrected chi connectivity index (χ3v) is 3.40. The second-order valence-electron chi connectivity index (χ2n) is 4.75. The molecule has 1 aromatic heterocycles. The first-order chi connectivity index (χ1) is 10.1. The number of hydrogen-bond donors (Lipinski definition) is 3. The van der Waals surface area contributed by atoms with Crippen LogP contribution in [0.3, 0.4) is 0 Å². The normalized spacial score (nSPS) is 11.8. The van der Waals surface area contributed by atoms with Gasteiger partial charge in [-0.15, -0.1) is 0 Å². The summed E-state index contributed by atoms with van der Waals surface area (Å²) in [6, 6.07) is 5.32. The summed E-state index contributed by atoms with van der Waals surface area (Å²) in [6.45, 7) is 4.25. The summed E-state index contributed by atoms with van der Waals surface area (Å²) in [6.07, 6.45) is 3.84. The molecule has 1 heterocycles. The van der Waals surface area contributed by atoms with E-state index >= 15 is 0 Å². The molecule has 0 saturated carbocycles. The molecule has 0 fully saturated rings. The van der Waals surface area contributed by atoms with Crippen LogP contribution >= 0.6 is 11.6 Å². The minimum atomic E-state index is 0.0467. The fourth-order valence-electron chi connectivity index (χ4n) is 1.91. The number of aryl methyl sites for hydroxylation is 1. The summed E-state index contributed by atoms with van der Waals surface area (Å²) in [7, 11) is 0. The number of hydrogen-bond acceptors (Lipinski definition) is 4. The predicted molar refractivity (Wildman–Crippen MR) is 82.6 cm³/mol. The van der Waals surface area contributed by atoms with Gasteiger partial charge in [-0.25, -0.2) is 0 Å². The molecule has 0 aliphatic heterocycles. The molecule has 2 aromatic rings. The van der Waals surface area contributed by atoms with E-state index in [1.165, 1.54) is 0 Å². The van der Waals surface area contributed by atoms with Crippen LogP contribution in [-0.4, -0.2) is 27.4 Å². The van der Waals surface area contributed by atoms with Crippen LogP contribution in [0.1, 0.15) is 16.7 Å². The van der Waals surface area contributed by atoms with Crippen LogP contribution < -0.4 is 11.1 Å². The number of rotatable bonds is 6. The molecule has 112 valence electrons. The van der Waals surface area contributed by atoms with Crippen molar-refractivity contribution in [2.75, 3.05) is 6.54 Å². The monoisotopic (exact) mass is 307 g/mol. The van der Waals surface area contributed by atoms with Crippen molar-refractivity contribution in [2.24, 2.45) is 10.9 Å². The van der Waals surface area contributed by atoms with Gasteiger partial charge < -0.3 is 16.3 Å². The molecule has 0 saturated heterocycles.